The number of ether oxygens (including phenoxy) is 4. The summed E-state index contributed by atoms with van der Waals surface area (Å²) in [5.74, 6) is 0.913. The molecule has 0 fully saturated rings. The quantitative estimate of drug-likeness (QED) is 0.419. The van der Waals surface area contributed by atoms with Gasteiger partial charge in [0, 0.05) is 26.1 Å². The van der Waals surface area contributed by atoms with E-state index in [1.165, 1.54) is 16.7 Å². The molecule has 0 aliphatic carbocycles. The number of hydrogen-bond acceptors (Lipinski definition) is 5. The van der Waals surface area contributed by atoms with E-state index in [1.54, 1.807) is 0 Å². The van der Waals surface area contributed by atoms with Gasteiger partial charge >= 0.3 is 0 Å². The SMILES string of the molecule is CN1CC=C(c2ccc(OCCCOCCOCCOCc3ccccc3)cc2)CC1. The molecule has 0 aromatic heterocycles. The molecule has 0 bridgehead atoms. The van der Waals surface area contributed by atoms with E-state index in [1.807, 2.05) is 18.2 Å². The third kappa shape index (κ3) is 9.23. The van der Waals surface area contributed by atoms with Gasteiger partial charge in [-0.3, -0.25) is 0 Å². The summed E-state index contributed by atoms with van der Waals surface area (Å²) >= 11 is 0. The zero-order chi connectivity index (χ0) is 21.6. The zero-order valence-corrected chi connectivity index (χ0v) is 18.6. The first-order valence-corrected chi connectivity index (χ1v) is 11.2. The van der Waals surface area contributed by atoms with Crippen molar-refractivity contribution in [2.24, 2.45) is 0 Å². The second-order valence-corrected chi connectivity index (χ2v) is 7.73. The molecule has 0 saturated heterocycles. The Morgan fingerprint density at radius 3 is 2.19 bits per heavy atom. The Hall–Kier alpha value is -2.18. The molecule has 0 N–H and O–H groups in total. The molecule has 5 heteroatoms. The normalized spacial score (nSPS) is 14.4. The lowest BCUT2D eigenvalue weighted by Gasteiger charge is -2.22. The number of nitrogens with zero attached hydrogens (tertiary/aromatic N) is 1. The zero-order valence-electron chi connectivity index (χ0n) is 18.6. The first kappa shape index (κ1) is 23.5. The van der Waals surface area contributed by atoms with Crippen molar-refractivity contribution in [3.63, 3.8) is 0 Å². The smallest absolute Gasteiger partial charge is 0.119 e. The molecule has 2 aromatic rings. The van der Waals surface area contributed by atoms with Crippen molar-refractivity contribution in [2.75, 3.05) is 59.8 Å². The van der Waals surface area contributed by atoms with Gasteiger partial charge in [0.15, 0.2) is 0 Å². The molecule has 168 valence electrons. The standard InChI is InChI=1S/C26H35NO4/c1-27-14-12-25(13-15-27)24-8-10-26(11-9-24)31-17-5-16-28-18-19-29-20-21-30-22-23-6-3-2-4-7-23/h2-4,6-12H,5,13-22H2,1H3. The third-order valence-corrected chi connectivity index (χ3v) is 5.19. The van der Waals surface area contributed by atoms with Crippen LogP contribution in [0.4, 0.5) is 0 Å². The van der Waals surface area contributed by atoms with Gasteiger partial charge in [-0.1, -0.05) is 48.5 Å². The van der Waals surface area contributed by atoms with E-state index in [2.05, 4.69) is 54.4 Å². The summed E-state index contributed by atoms with van der Waals surface area (Å²) in [4.78, 5) is 2.33. The highest BCUT2D eigenvalue weighted by molar-refractivity contribution is 5.67. The van der Waals surface area contributed by atoms with Gasteiger partial charge < -0.3 is 23.8 Å². The van der Waals surface area contributed by atoms with E-state index in [-0.39, 0.29) is 0 Å². The largest absolute Gasteiger partial charge is 0.494 e. The van der Waals surface area contributed by atoms with E-state index in [4.69, 9.17) is 18.9 Å². The average Bonchev–Trinajstić information content (AvgIpc) is 2.81. The monoisotopic (exact) mass is 425 g/mol. The molecule has 1 heterocycles. The molecule has 0 unspecified atom stereocenters. The minimum absolute atomic E-state index is 0.586. The lowest BCUT2D eigenvalue weighted by molar-refractivity contribution is 0.00903. The summed E-state index contributed by atoms with van der Waals surface area (Å²) in [5.41, 5.74) is 3.91. The Bertz CT molecular complexity index is 761. The highest BCUT2D eigenvalue weighted by Crippen LogP contribution is 2.24. The first-order valence-electron chi connectivity index (χ1n) is 11.2. The lowest BCUT2D eigenvalue weighted by Crippen LogP contribution is -2.23. The molecule has 5 nitrogen and oxygen atoms in total. The van der Waals surface area contributed by atoms with E-state index in [9.17, 15) is 0 Å². The summed E-state index contributed by atoms with van der Waals surface area (Å²) in [6.07, 6.45) is 4.29. The molecule has 3 rings (SSSR count). The van der Waals surface area contributed by atoms with Crippen LogP contribution in [0.1, 0.15) is 24.0 Å². The number of benzene rings is 2. The Morgan fingerprint density at radius 1 is 0.774 bits per heavy atom. The minimum atomic E-state index is 0.586. The van der Waals surface area contributed by atoms with Gasteiger partial charge in [-0.2, -0.15) is 0 Å². The maximum atomic E-state index is 5.82. The second kappa shape index (κ2) is 14.0. The number of rotatable bonds is 14. The molecule has 0 radical (unpaired) electrons. The fraction of sp³-hybridized carbons (Fsp3) is 0.462. The van der Waals surface area contributed by atoms with Crippen LogP contribution in [-0.4, -0.2) is 64.7 Å². The predicted octanol–water partition coefficient (Wildman–Crippen LogP) is 4.42. The van der Waals surface area contributed by atoms with Crippen molar-refractivity contribution < 1.29 is 18.9 Å². The predicted molar refractivity (Wildman–Crippen MR) is 124 cm³/mol. The van der Waals surface area contributed by atoms with Crippen LogP contribution >= 0.6 is 0 Å². The van der Waals surface area contributed by atoms with Gasteiger partial charge in [0.25, 0.3) is 0 Å². The topological polar surface area (TPSA) is 40.2 Å². The van der Waals surface area contributed by atoms with Gasteiger partial charge in [0.05, 0.1) is 39.6 Å². The third-order valence-electron chi connectivity index (χ3n) is 5.19. The van der Waals surface area contributed by atoms with Gasteiger partial charge in [0.2, 0.25) is 0 Å². The van der Waals surface area contributed by atoms with Gasteiger partial charge in [-0.25, -0.2) is 0 Å². The highest BCUT2D eigenvalue weighted by atomic mass is 16.5. The molecular formula is C26H35NO4. The number of likely N-dealkylation sites (N-methyl/N-ethyl adjacent to an activating group) is 1. The van der Waals surface area contributed by atoms with Crippen molar-refractivity contribution >= 4 is 5.57 Å². The number of hydrogen-bond donors (Lipinski definition) is 0. The van der Waals surface area contributed by atoms with Crippen LogP contribution in [-0.2, 0) is 20.8 Å². The Morgan fingerprint density at radius 2 is 1.48 bits per heavy atom. The van der Waals surface area contributed by atoms with Crippen molar-refractivity contribution in [1.29, 1.82) is 0 Å². The maximum Gasteiger partial charge on any atom is 0.119 e. The van der Waals surface area contributed by atoms with Crippen LogP contribution in [0.3, 0.4) is 0 Å². The molecule has 0 spiro atoms. The van der Waals surface area contributed by atoms with Crippen LogP contribution in [0.5, 0.6) is 5.75 Å². The van der Waals surface area contributed by atoms with Crippen molar-refractivity contribution in [3.8, 4) is 5.75 Å². The molecule has 0 saturated carbocycles. The van der Waals surface area contributed by atoms with E-state index < -0.39 is 0 Å². The molecule has 0 amide bonds. The lowest BCUT2D eigenvalue weighted by atomic mass is 10.00. The van der Waals surface area contributed by atoms with Crippen LogP contribution in [0.2, 0.25) is 0 Å². The van der Waals surface area contributed by atoms with Gasteiger partial charge in [0.1, 0.15) is 5.75 Å². The average molecular weight is 426 g/mol. The summed E-state index contributed by atoms with van der Waals surface area (Å²) in [5, 5.41) is 0. The van der Waals surface area contributed by atoms with E-state index >= 15 is 0 Å². The van der Waals surface area contributed by atoms with Crippen LogP contribution < -0.4 is 4.74 Å². The highest BCUT2D eigenvalue weighted by Gasteiger charge is 2.09. The fourth-order valence-electron chi connectivity index (χ4n) is 3.35. The van der Waals surface area contributed by atoms with Crippen LogP contribution in [0, 0.1) is 0 Å². The van der Waals surface area contributed by atoms with Gasteiger partial charge in [-0.15, -0.1) is 0 Å². The van der Waals surface area contributed by atoms with Crippen LogP contribution in [0.25, 0.3) is 5.57 Å². The van der Waals surface area contributed by atoms with Crippen molar-refractivity contribution in [3.05, 3.63) is 71.8 Å². The summed E-state index contributed by atoms with van der Waals surface area (Å²) in [6, 6.07) is 18.6. The molecule has 1 aliphatic heterocycles. The van der Waals surface area contributed by atoms with E-state index in [0.717, 1.165) is 31.7 Å². The second-order valence-electron chi connectivity index (χ2n) is 7.73. The Balaban J connectivity index is 1.14. The molecule has 1 aliphatic rings. The fourth-order valence-corrected chi connectivity index (χ4v) is 3.35. The van der Waals surface area contributed by atoms with Crippen LogP contribution in [0.15, 0.2) is 60.7 Å². The van der Waals surface area contributed by atoms with Crippen molar-refractivity contribution in [2.45, 2.75) is 19.4 Å². The molecule has 2 aromatic carbocycles. The summed E-state index contributed by atoms with van der Waals surface area (Å²) in [7, 11) is 2.16. The van der Waals surface area contributed by atoms with E-state index in [0.29, 0.717) is 46.2 Å². The van der Waals surface area contributed by atoms with Crippen molar-refractivity contribution in [1.82, 2.24) is 4.90 Å². The summed E-state index contributed by atoms with van der Waals surface area (Å²) in [6.45, 7) is 6.46. The van der Waals surface area contributed by atoms with Gasteiger partial charge in [-0.05, 0) is 42.3 Å². The first-order chi connectivity index (χ1) is 15.3. The Kier molecular flexibility index (Phi) is 10.6. The molecule has 31 heavy (non-hydrogen) atoms. The molecule has 0 atom stereocenters. The minimum Gasteiger partial charge on any atom is -0.494 e. The molecular weight excluding hydrogens is 390 g/mol. The summed E-state index contributed by atoms with van der Waals surface area (Å²) < 4.78 is 22.5. The maximum absolute atomic E-state index is 5.82. The Labute approximate surface area is 186 Å².